The fourth-order valence-corrected chi connectivity index (χ4v) is 2.85. The Balaban J connectivity index is 1.75. The second-order valence-electron chi connectivity index (χ2n) is 4.73. The van der Waals surface area contributed by atoms with Gasteiger partial charge in [-0.3, -0.25) is 9.78 Å². The molecule has 1 aromatic carbocycles. The van der Waals surface area contributed by atoms with Crippen molar-refractivity contribution < 1.29 is 4.79 Å². The second-order valence-corrected chi connectivity index (χ2v) is 6.15. The zero-order chi connectivity index (χ0) is 15.1. The summed E-state index contributed by atoms with van der Waals surface area (Å²) in [6.45, 7) is 0.591. The van der Waals surface area contributed by atoms with Crippen LogP contribution in [0.5, 0.6) is 0 Å². The highest BCUT2D eigenvalue weighted by Gasteiger charge is 2.09. The molecule has 2 rings (SSSR count). The van der Waals surface area contributed by atoms with Crippen LogP contribution in [0.3, 0.4) is 0 Å². The molecule has 0 unspecified atom stereocenters. The Morgan fingerprint density at radius 3 is 2.67 bits per heavy atom. The molecule has 21 heavy (non-hydrogen) atoms. The summed E-state index contributed by atoms with van der Waals surface area (Å²) in [5.74, 6) is 1.40. The first-order valence-electron chi connectivity index (χ1n) is 6.60. The summed E-state index contributed by atoms with van der Waals surface area (Å²) in [5, 5.41) is 0.732. The summed E-state index contributed by atoms with van der Waals surface area (Å²) in [7, 11) is 1.82. The summed E-state index contributed by atoms with van der Waals surface area (Å²) in [4.78, 5) is 17.8. The molecular formula is C16H17ClN2OS. The van der Waals surface area contributed by atoms with E-state index in [0.717, 1.165) is 16.3 Å². The van der Waals surface area contributed by atoms with Crippen LogP contribution < -0.4 is 0 Å². The van der Waals surface area contributed by atoms with Gasteiger partial charge in [-0.25, -0.2) is 0 Å². The summed E-state index contributed by atoms with van der Waals surface area (Å²) in [6.07, 6.45) is 3.51. The maximum Gasteiger partial charge on any atom is 0.232 e. The number of thioether (sulfide) groups is 1. The van der Waals surface area contributed by atoms with Crippen LogP contribution in [0.4, 0.5) is 0 Å². The van der Waals surface area contributed by atoms with Crippen molar-refractivity contribution in [2.45, 2.75) is 12.3 Å². The van der Waals surface area contributed by atoms with Crippen molar-refractivity contribution >= 4 is 29.3 Å². The van der Waals surface area contributed by atoms with Gasteiger partial charge < -0.3 is 4.90 Å². The highest BCUT2D eigenvalue weighted by molar-refractivity contribution is 7.99. The number of pyridine rings is 1. The lowest BCUT2D eigenvalue weighted by Gasteiger charge is -2.16. The topological polar surface area (TPSA) is 33.2 Å². The van der Waals surface area contributed by atoms with Gasteiger partial charge in [-0.15, -0.1) is 11.8 Å². The molecular weight excluding hydrogens is 304 g/mol. The summed E-state index contributed by atoms with van der Waals surface area (Å²) >= 11 is 7.45. The first-order valence-corrected chi connectivity index (χ1v) is 8.13. The number of rotatable bonds is 6. The van der Waals surface area contributed by atoms with Crippen LogP contribution in [-0.4, -0.2) is 28.6 Å². The molecule has 0 aliphatic heterocycles. The molecule has 110 valence electrons. The van der Waals surface area contributed by atoms with Crippen molar-refractivity contribution in [3.63, 3.8) is 0 Å². The van der Waals surface area contributed by atoms with Crippen LogP contribution in [0.25, 0.3) is 0 Å². The fraction of sp³-hybridized carbons (Fsp3) is 0.250. The minimum atomic E-state index is 0.123. The van der Waals surface area contributed by atoms with Gasteiger partial charge in [0.15, 0.2) is 0 Å². The highest BCUT2D eigenvalue weighted by Crippen LogP contribution is 2.16. The molecule has 0 aliphatic rings. The number of carbonyl (C=O) groups is 1. The molecule has 0 saturated heterocycles. The zero-order valence-electron chi connectivity index (χ0n) is 11.8. The van der Waals surface area contributed by atoms with E-state index in [1.807, 2.05) is 43.4 Å². The Kier molecular flexibility index (Phi) is 6.08. The van der Waals surface area contributed by atoms with Gasteiger partial charge in [0.2, 0.25) is 5.91 Å². The molecule has 0 fully saturated rings. The normalized spacial score (nSPS) is 10.4. The lowest BCUT2D eigenvalue weighted by Crippen LogP contribution is -2.27. The Bertz CT molecular complexity index is 575. The second kappa shape index (κ2) is 8.05. The van der Waals surface area contributed by atoms with Gasteiger partial charge in [-0.2, -0.15) is 0 Å². The number of amides is 1. The van der Waals surface area contributed by atoms with E-state index in [-0.39, 0.29) is 5.91 Å². The number of nitrogens with zero attached hydrogens (tertiary/aromatic N) is 2. The number of aromatic nitrogens is 1. The zero-order valence-corrected chi connectivity index (χ0v) is 13.4. The van der Waals surface area contributed by atoms with Crippen LogP contribution in [0.15, 0.2) is 48.8 Å². The molecule has 0 saturated carbocycles. The number of hydrogen-bond acceptors (Lipinski definition) is 3. The molecule has 0 radical (unpaired) electrons. The molecule has 1 heterocycles. The van der Waals surface area contributed by atoms with Gasteiger partial charge in [-0.05, 0) is 29.3 Å². The molecule has 0 bridgehead atoms. The third kappa shape index (κ3) is 5.40. The Morgan fingerprint density at radius 2 is 2.00 bits per heavy atom. The van der Waals surface area contributed by atoms with Crippen LogP contribution >= 0.6 is 23.4 Å². The van der Waals surface area contributed by atoms with Crippen LogP contribution in [0.1, 0.15) is 11.1 Å². The van der Waals surface area contributed by atoms with Crippen LogP contribution in [0.2, 0.25) is 5.02 Å². The van der Waals surface area contributed by atoms with E-state index in [9.17, 15) is 4.79 Å². The minimum Gasteiger partial charge on any atom is -0.341 e. The summed E-state index contributed by atoms with van der Waals surface area (Å²) in [5.41, 5.74) is 2.21. The highest BCUT2D eigenvalue weighted by atomic mass is 35.5. The first kappa shape index (κ1) is 15.9. The minimum absolute atomic E-state index is 0.123. The van der Waals surface area contributed by atoms with E-state index in [4.69, 9.17) is 11.6 Å². The van der Waals surface area contributed by atoms with Gasteiger partial charge in [-0.1, -0.05) is 29.8 Å². The molecule has 0 spiro atoms. The van der Waals surface area contributed by atoms with Crippen molar-refractivity contribution in [3.05, 3.63) is 64.9 Å². The number of benzene rings is 1. The smallest absolute Gasteiger partial charge is 0.232 e. The van der Waals surface area contributed by atoms with Crippen LogP contribution in [0, 0.1) is 0 Å². The number of hydrogen-bond donors (Lipinski definition) is 0. The quantitative estimate of drug-likeness (QED) is 0.815. The Morgan fingerprint density at radius 1 is 1.24 bits per heavy atom. The van der Waals surface area contributed by atoms with Crippen molar-refractivity contribution in [2.24, 2.45) is 0 Å². The molecule has 0 aliphatic carbocycles. The van der Waals surface area contributed by atoms with Crippen molar-refractivity contribution in [1.29, 1.82) is 0 Å². The van der Waals surface area contributed by atoms with Gasteiger partial charge in [0, 0.05) is 36.8 Å². The monoisotopic (exact) mass is 320 g/mol. The van der Waals surface area contributed by atoms with E-state index in [1.54, 1.807) is 29.1 Å². The fourth-order valence-electron chi connectivity index (χ4n) is 1.80. The molecule has 1 amide bonds. The maximum atomic E-state index is 12.1. The first-order chi connectivity index (χ1) is 10.1. The standard InChI is InChI=1S/C16H17ClN2OS/c1-19(10-14-3-2-8-18-9-14)16(20)12-21-11-13-4-6-15(17)7-5-13/h2-9H,10-12H2,1H3. The van der Waals surface area contributed by atoms with Crippen molar-refractivity contribution in [3.8, 4) is 0 Å². The Labute approximate surface area is 134 Å². The van der Waals surface area contributed by atoms with Crippen molar-refractivity contribution in [2.75, 3.05) is 12.8 Å². The van der Waals surface area contributed by atoms with Gasteiger partial charge >= 0.3 is 0 Å². The van der Waals surface area contributed by atoms with Gasteiger partial charge in [0.05, 0.1) is 5.75 Å². The average molecular weight is 321 g/mol. The van der Waals surface area contributed by atoms with E-state index in [2.05, 4.69) is 4.98 Å². The molecule has 5 heteroatoms. The third-order valence-electron chi connectivity index (χ3n) is 2.98. The van der Waals surface area contributed by atoms with E-state index >= 15 is 0 Å². The number of halogens is 1. The number of carbonyl (C=O) groups excluding carboxylic acids is 1. The predicted molar refractivity (Wildman–Crippen MR) is 88.3 cm³/mol. The van der Waals surface area contributed by atoms with Gasteiger partial charge in [0.25, 0.3) is 0 Å². The maximum absolute atomic E-state index is 12.1. The SMILES string of the molecule is CN(Cc1cccnc1)C(=O)CSCc1ccc(Cl)cc1. The molecule has 1 aromatic heterocycles. The lowest BCUT2D eigenvalue weighted by atomic mass is 10.2. The largest absolute Gasteiger partial charge is 0.341 e. The predicted octanol–water partition coefficient (Wildman–Crippen LogP) is 3.63. The summed E-state index contributed by atoms with van der Waals surface area (Å²) < 4.78 is 0. The van der Waals surface area contributed by atoms with Gasteiger partial charge in [0.1, 0.15) is 0 Å². The van der Waals surface area contributed by atoms with E-state index < -0.39 is 0 Å². The van der Waals surface area contributed by atoms with Crippen molar-refractivity contribution in [1.82, 2.24) is 9.88 Å². The van der Waals surface area contributed by atoms with E-state index in [1.165, 1.54) is 5.56 Å². The third-order valence-corrected chi connectivity index (χ3v) is 4.22. The van der Waals surface area contributed by atoms with E-state index in [0.29, 0.717) is 12.3 Å². The molecule has 3 nitrogen and oxygen atoms in total. The molecule has 0 atom stereocenters. The lowest BCUT2D eigenvalue weighted by molar-refractivity contribution is -0.127. The Hall–Kier alpha value is -1.52. The summed E-state index contributed by atoms with van der Waals surface area (Å²) in [6, 6.07) is 11.6. The molecule has 0 N–H and O–H groups in total. The average Bonchev–Trinajstić information content (AvgIpc) is 2.50. The van der Waals surface area contributed by atoms with Crippen LogP contribution in [-0.2, 0) is 17.1 Å². The molecule has 2 aromatic rings.